The summed E-state index contributed by atoms with van der Waals surface area (Å²) in [5.74, 6) is 0. The Morgan fingerprint density at radius 1 is 1.45 bits per heavy atom. The first-order valence-electron chi connectivity index (χ1n) is 3.22. The van der Waals surface area contributed by atoms with E-state index < -0.39 is 12.2 Å². The monoisotopic (exact) mass is 159 g/mol. The van der Waals surface area contributed by atoms with Gasteiger partial charge in [0.2, 0.25) is 0 Å². The largest absolute Gasteiger partial charge is 0.387 e. The maximum Gasteiger partial charge on any atom is 0.133 e. The molecule has 0 aromatic heterocycles. The first-order chi connectivity index (χ1) is 5.00. The normalized spacial score (nSPS) is 15.6. The molecular formula is C6H13N3O2. The van der Waals surface area contributed by atoms with Crippen molar-refractivity contribution in [2.45, 2.75) is 19.1 Å². The predicted octanol–water partition coefficient (Wildman–Crippen LogP) is -1.27. The van der Waals surface area contributed by atoms with Crippen LogP contribution in [-0.4, -0.2) is 40.4 Å². The summed E-state index contributed by atoms with van der Waals surface area (Å²) in [5, 5.41) is 32.0. The molecule has 0 aromatic rings. The molecule has 64 valence electrons. The molecule has 0 aliphatic carbocycles. The quantitative estimate of drug-likeness (QED) is 0.329. The van der Waals surface area contributed by atoms with Gasteiger partial charge in [0.15, 0.2) is 0 Å². The molecule has 0 aliphatic rings. The number of hydrogen-bond donors (Lipinski definition) is 5. The van der Waals surface area contributed by atoms with Crippen molar-refractivity contribution in [3.05, 3.63) is 0 Å². The van der Waals surface area contributed by atoms with Gasteiger partial charge in [-0.05, 0) is 6.92 Å². The predicted molar refractivity (Wildman–Crippen MR) is 42.2 cm³/mol. The zero-order valence-electron chi connectivity index (χ0n) is 6.33. The Kier molecular flexibility index (Phi) is 3.88. The molecule has 0 aromatic carbocycles. The molecule has 6 N–H and O–H groups in total. The van der Waals surface area contributed by atoms with Crippen molar-refractivity contribution in [3.8, 4) is 0 Å². The fourth-order valence-electron chi connectivity index (χ4n) is 0.528. The lowest BCUT2D eigenvalue weighted by atomic mass is 10.1. The van der Waals surface area contributed by atoms with E-state index >= 15 is 0 Å². The Bertz CT molecular complexity index is 167. The highest BCUT2D eigenvalue weighted by Crippen LogP contribution is 1.93. The van der Waals surface area contributed by atoms with Gasteiger partial charge in [0.05, 0.1) is 17.5 Å². The van der Waals surface area contributed by atoms with Crippen molar-refractivity contribution in [1.82, 2.24) is 0 Å². The summed E-state index contributed by atoms with van der Waals surface area (Å²) in [6, 6.07) is 0. The maximum absolute atomic E-state index is 9.07. The van der Waals surface area contributed by atoms with Crippen molar-refractivity contribution in [2.24, 2.45) is 5.73 Å². The summed E-state index contributed by atoms with van der Waals surface area (Å²) in [7, 11) is 0. The molecule has 11 heavy (non-hydrogen) atoms. The van der Waals surface area contributed by atoms with Crippen LogP contribution in [0.1, 0.15) is 6.92 Å². The van der Waals surface area contributed by atoms with Gasteiger partial charge in [-0.1, -0.05) is 0 Å². The third-order valence-corrected chi connectivity index (χ3v) is 1.29. The van der Waals surface area contributed by atoms with E-state index in [4.69, 9.17) is 26.8 Å². The molecule has 0 bridgehead atoms. The van der Waals surface area contributed by atoms with Crippen molar-refractivity contribution in [3.63, 3.8) is 0 Å². The van der Waals surface area contributed by atoms with Crippen molar-refractivity contribution in [2.75, 3.05) is 6.54 Å². The number of aliphatic hydroxyl groups excluding tert-OH is 2. The van der Waals surface area contributed by atoms with Crippen LogP contribution in [-0.2, 0) is 0 Å². The molecule has 2 unspecified atom stereocenters. The lowest BCUT2D eigenvalue weighted by Gasteiger charge is -2.13. The summed E-state index contributed by atoms with van der Waals surface area (Å²) < 4.78 is 0. The third-order valence-electron chi connectivity index (χ3n) is 1.29. The lowest BCUT2D eigenvalue weighted by molar-refractivity contribution is 0.231. The van der Waals surface area contributed by atoms with Crippen LogP contribution in [0.2, 0.25) is 0 Å². The van der Waals surface area contributed by atoms with E-state index in [0.717, 1.165) is 0 Å². The summed E-state index contributed by atoms with van der Waals surface area (Å²) in [6.07, 6.45) is -2.36. The molecule has 0 amide bonds. The fourth-order valence-corrected chi connectivity index (χ4v) is 0.528. The van der Waals surface area contributed by atoms with Crippen LogP contribution in [0, 0.1) is 10.8 Å². The molecule has 0 saturated heterocycles. The van der Waals surface area contributed by atoms with Crippen LogP contribution in [0.25, 0.3) is 0 Å². The molecule has 0 heterocycles. The Labute approximate surface area is 64.9 Å². The minimum Gasteiger partial charge on any atom is -0.387 e. The zero-order chi connectivity index (χ0) is 9.02. The topological polar surface area (TPSA) is 114 Å². The van der Waals surface area contributed by atoms with Gasteiger partial charge in [-0.3, -0.25) is 0 Å². The highest BCUT2D eigenvalue weighted by Gasteiger charge is 2.18. The van der Waals surface area contributed by atoms with Gasteiger partial charge < -0.3 is 26.8 Å². The number of nitrogens with two attached hydrogens (primary N) is 1. The molecule has 5 nitrogen and oxygen atoms in total. The van der Waals surface area contributed by atoms with Gasteiger partial charge in [-0.15, -0.1) is 0 Å². The minimum atomic E-state index is -1.33. The molecule has 5 heteroatoms. The van der Waals surface area contributed by atoms with Gasteiger partial charge in [0.1, 0.15) is 6.10 Å². The van der Waals surface area contributed by atoms with Crippen molar-refractivity contribution >= 4 is 11.4 Å². The molecule has 0 fully saturated rings. The highest BCUT2D eigenvalue weighted by molar-refractivity contribution is 6.09. The third kappa shape index (κ3) is 2.75. The van der Waals surface area contributed by atoms with E-state index in [0.29, 0.717) is 0 Å². The second kappa shape index (κ2) is 4.17. The van der Waals surface area contributed by atoms with Crippen LogP contribution in [0.5, 0.6) is 0 Å². The number of hydrogen-bond acceptors (Lipinski definition) is 5. The molecule has 0 radical (unpaired) electrons. The summed E-state index contributed by atoms with van der Waals surface area (Å²) in [5.41, 5.74) is 4.60. The van der Waals surface area contributed by atoms with E-state index in [1.807, 2.05) is 0 Å². The summed E-state index contributed by atoms with van der Waals surface area (Å²) >= 11 is 0. The zero-order valence-corrected chi connectivity index (χ0v) is 6.33. The Morgan fingerprint density at radius 3 is 2.18 bits per heavy atom. The second-order valence-electron chi connectivity index (χ2n) is 2.26. The van der Waals surface area contributed by atoms with E-state index in [1.165, 1.54) is 6.92 Å². The second-order valence-corrected chi connectivity index (χ2v) is 2.26. The van der Waals surface area contributed by atoms with Crippen molar-refractivity contribution < 1.29 is 10.2 Å². The SMILES string of the molecule is CC(O)C(=N)C(O)C(=N)CN. The van der Waals surface area contributed by atoms with Gasteiger partial charge in [-0.25, -0.2) is 0 Å². The average molecular weight is 159 g/mol. The molecular weight excluding hydrogens is 146 g/mol. The van der Waals surface area contributed by atoms with Crippen LogP contribution in [0.4, 0.5) is 0 Å². The van der Waals surface area contributed by atoms with Gasteiger partial charge in [-0.2, -0.15) is 0 Å². The van der Waals surface area contributed by atoms with Gasteiger partial charge in [0, 0.05) is 6.54 Å². The van der Waals surface area contributed by atoms with Gasteiger partial charge in [0.25, 0.3) is 0 Å². The van der Waals surface area contributed by atoms with Crippen molar-refractivity contribution in [1.29, 1.82) is 10.8 Å². The molecule has 0 saturated carbocycles. The first kappa shape index (κ1) is 10.2. The molecule has 2 atom stereocenters. The summed E-state index contributed by atoms with van der Waals surface area (Å²) in [4.78, 5) is 0. The standard InChI is InChI=1S/C6H13N3O2/c1-3(10)5(9)6(11)4(8)2-7/h3,6,8-11H,2,7H2,1H3. The van der Waals surface area contributed by atoms with E-state index in [9.17, 15) is 0 Å². The Balaban J connectivity index is 4.13. The van der Waals surface area contributed by atoms with E-state index in [-0.39, 0.29) is 18.0 Å². The minimum absolute atomic E-state index is 0.101. The molecule has 0 spiro atoms. The fraction of sp³-hybridized carbons (Fsp3) is 0.667. The van der Waals surface area contributed by atoms with Crippen LogP contribution in [0.15, 0.2) is 0 Å². The smallest absolute Gasteiger partial charge is 0.133 e. The van der Waals surface area contributed by atoms with Crippen LogP contribution >= 0.6 is 0 Å². The summed E-state index contributed by atoms with van der Waals surface area (Å²) in [6.45, 7) is 1.26. The highest BCUT2D eigenvalue weighted by atomic mass is 16.3. The first-order valence-corrected chi connectivity index (χ1v) is 3.22. The number of rotatable bonds is 4. The number of nitrogens with one attached hydrogen (secondary N) is 2. The van der Waals surface area contributed by atoms with E-state index in [2.05, 4.69) is 0 Å². The lowest BCUT2D eigenvalue weighted by Crippen LogP contribution is -2.38. The van der Waals surface area contributed by atoms with Crippen LogP contribution in [0.3, 0.4) is 0 Å². The molecule has 0 rings (SSSR count). The van der Waals surface area contributed by atoms with E-state index in [1.54, 1.807) is 0 Å². The van der Waals surface area contributed by atoms with Crippen LogP contribution < -0.4 is 5.73 Å². The average Bonchev–Trinajstić information content (AvgIpc) is 2.00. The molecule has 0 aliphatic heterocycles. The Morgan fingerprint density at radius 2 is 1.91 bits per heavy atom. The Hall–Kier alpha value is -0.780. The van der Waals surface area contributed by atoms with Gasteiger partial charge >= 0.3 is 0 Å². The number of aliphatic hydroxyl groups is 2. The maximum atomic E-state index is 9.07.